The number of nitrogens with two attached hydrogens (primary N) is 1. The second-order valence-corrected chi connectivity index (χ2v) is 9.32. The number of rotatable bonds is 5. The zero-order valence-corrected chi connectivity index (χ0v) is 18.5. The van der Waals surface area contributed by atoms with Gasteiger partial charge >= 0.3 is 0 Å². The van der Waals surface area contributed by atoms with E-state index in [9.17, 15) is 13.2 Å². The van der Waals surface area contributed by atoms with Crippen LogP contribution in [-0.2, 0) is 10.0 Å². The van der Waals surface area contributed by atoms with Crippen LogP contribution in [0.15, 0.2) is 70.5 Å². The molecule has 0 unspecified atom stereocenters. The van der Waals surface area contributed by atoms with Gasteiger partial charge in [0.15, 0.2) is 0 Å². The molecule has 2 aromatic heterocycles. The molecule has 9 nitrogen and oxygen atoms in total. The molecule has 0 aliphatic carbocycles. The van der Waals surface area contributed by atoms with Crippen molar-refractivity contribution < 1.29 is 13.2 Å². The molecule has 0 aliphatic rings. The lowest BCUT2D eigenvalue weighted by Crippen LogP contribution is -2.23. The average Bonchev–Trinajstić information content (AvgIpc) is 2.79. The third-order valence-electron chi connectivity index (χ3n) is 5.01. The number of nitrogens with zero attached hydrogens (tertiary/aromatic N) is 4. The normalized spacial score (nSPS) is 11.8. The van der Waals surface area contributed by atoms with Crippen molar-refractivity contribution in [1.82, 2.24) is 18.8 Å². The van der Waals surface area contributed by atoms with Crippen molar-refractivity contribution in [3.8, 4) is 22.7 Å². The van der Waals surface area contributed by atoms with E-state index in [4.69, 9.17) is 10.5 Å². The van der Waals surface area contributed by atoms with Crippen molar-refractivity contribution in [2.75, 3.05) is 26.9 Å². The monoisotopic (exact) mass is 451 g/mol. The van der Waals surface area contributed by atoms with E-state index in [1.54, 1.807) is 42.5 Å². The van der Waals surface area contributed by atoms with Gasteiger partial charge in [0, 0.05) is 25.9 Å². The highest BCUT2D eigenvalue weighted by molar-refractivity contribution is 7.89. The second kappa shape index (κ2) is 8.06. The van der Waals surface area contributed by atoms with Gasteiger partial charge in [-0.25, -0.2) is 27.3 Å². The van der Waals surface area contributed by atoms with E-state index in [1.165, 1.54) is 38.0 Å². The summed E-state index contributed by atoms with van der Waals surface area (Å²) in [7, 11) is 0.418. The molecule has 0 spiro atoms. The van der Waals surface area contributed by atoms with Crippen LogP contribution in [0.2, 0.25) is 0 Å². The number of hydrogen-bond donors (Lipinski definition) is 1. The number of anilines is 1. The van der Waals surface area contributed by atoms with Gasteiger partial charge in [-0.1, -0.05) is 24.3 Å². The molecular weight excluding hydrogens is 430 g/mol. The third kappa shape index (κ3) is 3.59. The maximum Gasteiger partial charge on any atom is 0.267 e. The smallest absolute Gasteiger partial charge is 0.267 e. The molecule has 0 amide bonds. The minimum absolute atomic E-state index is 0.0101. The minimum Gasteiger partial charge on any atom is -0.480 e. The van der Waals surface area contributed by atoms with E-state index in [0.29, 0.717) is 27.7 Å². The zero-order valence-electron chi connectivity index (χ0n) is 17.7. The summed E-state index contributed by atoms with van der Waals surface area (Å²) in [5.74, 6) is 0.0658. The lowest BCUT2D eigenvalue weighted by molar-refractivity contribution is 0.383. The number of nitrogen functional groups attached to an aromatic ring is 1. The Morgan fingerprint density at radius 2 is 1.75 bits per heavy atom. The number of fused-ring (bicyclic) bond motifs is 1. The van der Waals surface area contributed by atoms with Gasteiger partial charge in [0.05, 0.1) is 23.7 Å². The standard InChI is InChI=1S/C22H21N5O4S/c1-26(2)32(29,30)19-12-15(13-24-20(19)31-3)14-9-10-18-17(11-14)21(28)27(22(23)25-18)16-7-5-4-6-8-16/h4-13H,1-3H3,(H2,23,25). The molecular formula is C22H21N5O4S. The molecule has 4 rings (SSSR count). The number of pyridine rings is 1. The molecule has 0 radical (unpaired) electrons. The topological polar surface area (TPSA) is 120 Å². The molecule has 2 heterocycles. The minimum atomic E-state index is -3.80. The van der Waals surface area contributed by atoms with Gasteiger partial charge in [-0.2, -0.15) is 0 Å². The molecule has 0 atom stereocenters. The number of methoxy groups -OCH3 is 1. The summed E-state index contributed by atoms with van der Waals surface area (Å²) >= 11 is 0. The van der Waals surface area contributed by atoms with E-state index < -0.39 is 10.0 Å². The van der Waals surface area contributed by atoms with Crippen LogP contribution in [0.4, 0.5) is 5.95 Å². The molecule has 0 saturated carbocycles. The summed E-state index contributed by atoms with van der Waals surface area (Å²) in [6.45, 7) is 0. The largest absolute Gasteiger partial charge is 0.480 e. The van der Waals surface area contributed by atoms with Crippen LogP contribution >= 0.6 is 0 Å². The fraction of sp³-hybridized carbons (Fsp3) is 0.136. The first-order valence-corrected chi connectivity index (χ1v) is 11.0. The van der Waals surface area contributed by atoms with Crippen molar-refractivity contribution in [3.05, 3.63) is 71.1 Å². The van der Waals surface area contributed by atoms with Crippen LogP contribution in [0.25, 0.3) is 27.7 Å². The molecule has 0 bridgehead atoms. The van der Waals surface area contributed by atoms with E-state index in [1.807, 2.05) is 6.07 Å². The van der Waals surface area contributed by atoms with Crippen LogP contribution in [0.1, 0.15) is 0 Å². The van der Waals surface area contributed by atoms with Crippen LogP contribution in [0.5, 0.6) is 5.88 Å². The maximum atomic E-state index is 13.3. The SMILES string of the molecule is COc1ncc(-c2ccc3nc(N)n(-c4ccccc4)c(=O)c3c2)cc1S(=O)(=O)N(C)C. The Morgan fingerprint density at radius 3 is 2.41 bits per heavy atom. The Hall–Kier alpha value is -3.76. The van der Waals surface area contributed by atoms with Gasteiger partial charge in [-0.15, -0.1) is 0 Å². The number of para-hydroxylation sites is 1. The van der Waals surface area contributed by atoms with Crippen LogP contribution in [0.3, 0.4) is 0 Å². The van der Waals surface area contributed by atoms with Crippen LogP contribution < -0.4 is 16.0 Å². The Bertz CT molecular complexity index is 1480. The summed E-state index contributed by atoms with van der Waals surface area (Å²) in [5, 5.41) is 0.341. The number of aromatic nitrogens is 3. The highest BCUT2D eigenvalue weighted by Crippen LogP contribution is 2.30. The van der Waals surface area contributed by atoms with Crippen molar-refractivity contribution in [2.24, 2.45) is 0 Å². The van der Waals surface area contributed by atoms with Gasteiger partial charge in [-0.3, -0.25) is 4.79 Å². The first-order chi connectivity index (χ1) is 15.2. The van der Waals surface area contributed by atoms with Crippen molar-refractivity contribution in [2.45, 2.75) is 4.90 Å². The molecule has 32 heavy (non-hydrogen) atoms. The molecule has 2 N–H and O–H groups in total. The molecule has 0 fully saturated rings. The molecule has 4 aromatic rings. The van der Waals surface area contributed by atoms with E-state index in [-0.39, 0.29) is 22.3 Å². The highest BCUT2D eigenvalue weighted by Gasteiger charge is 2.24. The van der Waals surface area contributed by atoms with Crippen molar-refractivity contribution in [1.29, 1.82) is 0 Å². The molecule has 10 heteroatoms. The van der Waals surface area contributed by atoms with Crippen molar-refractivity contribution in [3.63, 3.8) is 0 Å². The first-order valence-electron chi connectivity index (χ1n) is 9.58. The van der Waals surface area contributed by atoms with Gasteiger partial charge in [0.1, 0.15) is 4.90 Å². The lowest BCUT2D eigenvalue weighted by Gasteiger charge is -2.15. The number of hydrogen-bond acceptors (Lipinski definition) is 7. The van der Waals surface area contributed by atoms with Gasteiger partial charge < -0.3 is 10.5 Å². The van der Waals surface area contributed by atoms with Crippen molar-refractivity contribution >= 4 is 26.9 Å². The predicted octanol–water partition coefficient (Wildman–Crippen LogP) is 2.29. The predicted molar refractivity (Wildman–Crippen MR) is 122 cm³/mol. The molecule has 0 saturated heterocycles. The van der Waals surface area contributed by atoms with E-state index in [0.717, 1.165) is 4.31 Å². The van der Waals surface area contributed by atoms with Crippen LogP contribution in [0, 0.1) is 0 Å². The highest BCUT2D eigenvalue weighted by atomic mass is 32.2. The second-order valence-electron chi connectivity index (χ2n) is 7.20. The zero-order chi connectivity index (χ0) is 23.0. The Morgan fingerprint density at radius 1 is 1.03 bits per heavy atom. The Kier molecular flexibility index (Phi) is 5.41. The number of benzene rings is 2. The van der Waals surface area contributed by atoms with Gasteiger partial charge in [0.25, 0.3) is 5.56 Å². The third-order valence-corrected chi connectivity index (χ3v) is 6.82. The number of sulfonamides is 1. The quantitative estimate of drug-likeness (QED) is 0.494. The fourth-order valence-electron chi connectivity index (χ4n) is 3.33. The molecule has 164 valence electrons. The van der Waals surface area contributed by atoms with Gasteiger partial charge in [-0.05, 0) is 35.9 Å². The van der Waals surface area contributed by atoms with Crippen LogP contribution in [-0.4, -0.2) is 48.5 Å². The lowest BCUT2D eigenvalue weighted by atomic mass is 10.1. The molecule has 0 aliphatic heterocycles. The summed E-state index contributed by atoms with van der Waals surface area (Å²) in [6, 6.07) is 15.5. The molecule has 2 aromatic carbocycles. The number of ether oxygens (including phenoxy) is 1. The summed E-state index contributed by atoms with van der Waals surface area (Å²) in [6.07, 6.45) is 1.50. The summed E-state index contributed by atoms with van der Waals surface area (Å²) in [5.41, 5.74) is 7.87. The summed E-state index contributed by atoms with van der Waals surface area (Å²) < 4.78 is 33.0. The van der Waals surface area contributed by atoms with E-state index >= 15 is 0 Å². The first kappa shape index (κ1) is 21.5. The average molecular weight is 452 g/mol. The Balaban J connectivity index is 1.93. The fourth-order valence-corrected chi connectivity index (χ4v) is 4.36. The summed E-state index contributed by atoms with van der Waals surface area (Å²) in [4.78, 5) is 21.7. The maximum absolute atomic E-state index is 13.3. The Labute approximate surface area is 184 Å². The van der Waals surface area contributed by atoms with Gasteiger partial charge in [0.2, 0.25) is 21.9 Å². The van der Waals surface area contributed by atoms with E-state index in [2.05, 4.69) is 9.97 Å².